The Balaban J connectivity index is 2.04. The fraction of sp³-hybridized carbons (Fsp3) is 0.400. The minimum atomic E-state index is 0.127. The summed E-state index contributed by atoms with van der Waals surface area (Å²) >= 11 is 0. The van der Waals surface area contributed by atoms with E-state index in [9.17, 15) is 0 Å². The van der Waals surface area contributed by atoms with Crippen molar-refractivity contribution in [1.82, 2.24) is 15.1 Å². The monoisotopic (exact) mass is 243 g/mol. The Bertz CT molecular complexity index is 480. The van der Waals surface area contributed by atoms with Gasteiger partial charge in [0.2, 0.25) is 0 Å². The van der Waals surface area contributed by atoms with Crippen LogP contribution in [0.5, 0.6) is 0 Å². The van der Waals surface area contributed by atoms with Gasteiger partial charge >= 0.3 is 0 Å². The summed E-state index contributed by atoms with van der Waals surface area (Å²) in [5.74, 6) is 0. The molecule has 1 heterocycles. The zero-order valence-corrected chi connectivity index (χ0v) is 11.4. The lowest BCUT2D eigenvalue weighted by Crippen LogP contribution is -2.35. The molecule has 18 heavy (non-hydrogen) atoms. The van der Waals surface area contributed by atoms with Crippen molar-refractivity contribution in [3.05, 3.63) is 53.9 Å². The van der Waals surface area contributed by atoms with E-state index in [4.69, 9.17) is 0 Å². The van der Waals surface area contributed by atoms with Crippen molar-refractivity contribution in [2.24, 2.45) is 0 Å². The predicted octanol–water partition coefficient (Wildman–Crippen LogP) is 2.82. The Labute approximate surface area is 109 Å². The first-order valence-electron chi connectivity index (χ1n) is 6.34. The van der Waals surface area contributed by atoms with Crippen LogP contribution >= 0.6 is 0 Å². The van der Waals surface area contributed by atoms with Gasteiger partial charge in [0.05, 0.1) is 12.2 Å². The summed E-state index contributed by atoms with van der Waals surface area (Å²) in [5, 5.41) is 7.88. The highest BCUT2D eigenvalue weighted by Crippen LogP contribution is 2.07. The van der Waals surface area contributed by atoms with Crippen molar-refractivity contribution in [3.8, 4) is 0 Å². The number of benzene rings is 1. The third-order valence-electron chi connectivity index (χ3n) is 2.78. The fourth-order valence-corrected chi connectivity index (χ4v) is 1.76. The molecule has 3 heteroatoms. The topological polar surface area (TPSA) is 29.9 Å². The van der Waals surface area contributed by atoms with E-state index in [1.807, 2.05) is 16.9 Å². The van der Waals surface area contributed by atoms with Crippen LogP contribution in [0.3, 0.4) is 0 Å². The molecule has 0 aliphatic carbocycles. The maximum atomic E-state index is 4.39. The summed E-state index contributed by atoms with van der Waals surface area (Å²) in [4.78, 5) is 0. The van der Waals surface area contributed by atoms with Gasteiger partial charge in [-0.3, -0.25) is 4.68 Å². The molecule has 1 aromatic heterocycles. The number of aromatic nitrogens is 2. The third kappa shape index (κ3) is 3.70. The number of rotatable bonds is 4. The van der Waals surface area contributed by atoms with E-state index in [1.165, 1.54) is 11.3 Å². The molecule has 0 spiro atoms. The molecule has 0 fully saturated rings. The van der Waals surface area contributed by atoms with Crippen LogP contribution in [0.2, 0.25) is 0 Å². The molecular formula is C15H21N3. The summed E-state index contributed by atoms with van der Waals surface area (Å²) in [5.41, 5.74) is 2.62. The summed E-state index contributed by atoms with van der Waals surface area (Å²) in [6.45, 7) is 8.19. The molecule has 0 saturated heterocycles. The third-order valence-corrected chi connectivity index (χ3v) is 2.78. The fourth-order valence-electron chi connectivity index (χ4n) is 1.76. The molecule has 2 rings (SSSR count). The summed E-state index contributed by atoms with van der Waals surface area (Å²) < 4.78 is 2.05. The van der Waals surface area contributed by atoms with Crippen molar-refractivity contribution in [2.75, 3.05) is 0 Å². The number of nitrogens with one attached hydrogen (secondary N) is 1. The van der Waals surface area contributed by atoms with E-state index in [-0.39, 0.29) is 5.54 Å². The maximum absolute atomic E-state index is 4.39. The number of hydrogen-bond donors (Lipinski definition) is 1. The van der Waals surface area contributed by atoms with Crippen LogP contribution in [0.15, 0.2) is 42.6 Å². The van der Waals surface area contributed by atoms with Gasteiger partial charge < -0.3 is 5.32 Å². The van der Waals surface area contributed by atoms with Gasteiger partial charge in [0.15, 0.2) is 0 Å². The Morgan fingerprint density at radius 1 is 1.11 bits per heavy atom. The summed E-state index contributed by atoms with van der Waals surface area (Å²) in [7, 11) is 0. The standard InChI is InChI=1S/C15H21N3/c1-15(2,3)16-11-14-9-10-17-18(14)12-13-7-5-4-6-8-13/h4-10,16H,11-12H2,1-3H3. The van der Waals surface area contributed by atoms with Gasteiger partial charge in [0, 0.05) is 18.3 Å². The first-order valence-corrected chi connectivity index (χ1v) is 6.34. The lowest BCUT2D eigenvalue weighted by Gasteiger charge is -2.20. The zero-order valence-electron chi connectivity index (χ0n) is 11.4. The van der Waals surface area contributed by atoms with Gasteiger partial charge in [-0.25, -0.2) is 0 Å². The number of nitrogens with zero attached hydrogens (tertiary/aromatic N) is 2. The van der Waals surface area contributed by atoms with Crippen molar-refractivity contribution in [2.45, 2.75) is 39.4 Å². The normalized spacial score (nSPS) is 11.7. The van der Waals surface area contributed by atoms with Crippen LogP contribution in [0.1, 0.15) is 32.0 Å². The first kappa shape index (κ1) is 12.8. The lowest BCUT2D eigenvalue weighted by atomic mass is 10.1. The van der Waals surface area contributed by atoms with E-state index in [0.717, 1.165) is 13.1 Å². The summed E-state index contributed by atoms with van der Waals surface area (Å²) in [6, 6.07) is 12.5. The Hall–Kier alpha value is -1.61. The molecule has 0 radical (unpaired) electrons. The Kier molecular flexibility index (Phi) is 3.82. The van der Waals surface area contributed by atoms with Gasteiger partial charge in [-0.15, -0.1) is 0 Å². The zero-order chi connectivity index (χ0) is 13.0. The molecule has 2 aromatic rings. The van der Waals surface area contributed by atoms with Crippen LogP contribution in [-0.4, -0.2) is 15.3 Å². The highest BCUT2D eigenvalue weighted by atomic mass is 15.3. The van der Waals surface area contributed by atoms with Crippen molar-refractivity contribution < 1.29 is 0 Å². The van der Waals surface area contributed by atoms with E-state index >= 15 is 0 Å². The molecule has 1 aromatic carbocycles. The Morgan fingerprint density at radius 2 is 1.83 bits per heavy atom. The van der Waals surface area contributed by atoms with E-state index in [1.54, 1.807) is 0 Å². The smallest absolute Gasteiger partial charge is 0.0663 e. The molecular weight excluding hydrogens is 222 g/mol. The van der Waals surface area contributed by atoms with Crippen LogP contribution < -0.4 is 5.32 Å². The lowest BCUT2D eigenvalue weighted by molar-refractivity contribution is 0.414. The molecule has 0 bridgehead atoms. The molecule has 0 aliphatic rings. The van der Waals surface area contributed by atoms with Crippen molar-refractivity contribution in [1.29, 1.82) is 0 Å². The van der Waals surface area contributed by atoms with Gasteiger partial charge in [0.25, 0.3) is 0 Å². The molecule has 0 unspecified atom stereocenters. The molecule has 1 N–H and O–H groups in total. The molecule has 0 aliphatic heterocycles. The Morgan fingerprint density at radius 3 is 2.50 bits per heavy atom. The van der Waals surface area contributed by atoms with Crippen LogP contribution in [-0.2, 0) is 13.1 Å². The molecule has 96 valence electrons. The van der Waals surface area contributed by atoms with Crippen LogP contribution in [0.25, 0.3) is 0 Å². The average molecular weight is 243 g/mol. The van der Waals surface area contributed by atoms with Gasteiger partial charge in [-0.2, -0.15) is 5.10 Å². The molecule has 0 atom stereocenters. The minimum absolute atomic E-state index is 0.127. The molecule has 3 nitrogen and oxygen atoms in total. The maximum Gasteiger partial charge on any atom is 0.0663 e. The second-order valence-corrected chi connectivity index (χ2v) is 5.57. The SMILES string of the molecule is CC(C)(C)NCc1ccnn1Cc1ccccc1. The van der Waals surface area contributed by atoms with E-state index < -0.39 is 0 Å². The number of hydrogen-bond acceptors (Lipinski definition) is 2. The van der Waals surface area contributed by atoms with Gasteiger partial charge in [-0.1, -0.05) is 30.3 Å². The van der Waals surface area contributed by atoms with E-state index in [0.29, 0.717) is 0 Å². The highest BCUT2D eigenvalue weighted by Gasteiger charge is 2.10. The highest BCUT2D eigenvalue weighted by molar-refractivity contribution is 5.16. The largest absolute Gasteiger partial charge is 0.306 e. The molecule has 0 saturated carbocycles. The van der Waals surface area contributed by atoms with Gasteiger partial charge in [-0.05, 0) is 32.4 Å². The van der Waals surface area contributed by atoms with Crippen LogP contribution in [0.4, 0.5) is 0 Å². The van der Waals surface area contributed by atoms with Gasteiger partial charge in [0.1, 0.15) is 0 Å². The molecule has 0 amide bonds. The average Bonchev–Trinajstić information content (AvgIpc) is 2.74. The minimum Gasteiger partial charge on any atom is -0.306 e. The predicted molar refractivity (Wildman–Crippen MR) is 74.4 cm³/mol. The second kappa shape index (κ2) is 5.36. The van der Waals surface area contributed by atoms with Crippen molar-refractivity contribution >= 4 is 0 Å². The summed E-state index contributed by atoms with van der Waals surface area (Å²) in [6.07, 6.45) is 1.86. The second-order valence-electron chi connectivity index (χ2n) is 5.57. The quantitative estimate of drug-likeness (QED) is 0.895. The van der Waals surface area contributed by atoms with Crippen LogP contribution in [0, 0.1) is 0 Å². The van der Waals surface area contributed by atoms with Crippen molar-refractivity contribution in [3.63, 3.8) is 0 Å². The van der Waals surface area contributed by atoms with E-state index in [2.05, 4.69) is 61.5 Å². The first-order chi connectivity index (χ1) is 8.54.